The number of nitrogens with one attached hydrogen (secondary N) is 1. The van der Waals surface area contributed by atoms with Crippen LogP contribution in [0.4, 0.5) is 15.9 Å². The summed E-state index contributed by atoms with van der Waals surface area (Å²) in [6.45, 7) is 0.588. The summed E-state index contributed by atoms with van der Waals surface area (Å²) in [5, 5.41) is 3.15. The maximum atomic E-state index is 12.9. The lowest BCUT2D eigenvalue weighted by Gasteiger charge is -2.16. The third-order valence-electron chi connectivity index (χ3n) is 2.50. The molecular weight excluding hydrogens is 231 g/mol. The van der Waals surface area contributed by atoms with E-state index >= 15 is 0 Å². The van der Waals surface area contributed by atoms with Crippen LogP contribution in [0.15, 0.2) is 36.7 Å². The van der Waals surface area contributed by atoms with E-state index in [4.69, 9.17) is 0 Å². The summed E-state index contributed by atoms with van der Waals surface area (Å²) < 4.78 is 12.9. The first kappa shape index (κ1) is 12.3. The summed E-state index contributed by atoms with van der Waals surface area (Å²) in [4.78, 5) is 9.77. The molecule has 0 saturated carbocycles. The zero-order chi connectivity index (χ0) is 13.0. The van der Waals surface area contributed by atoms with Crippen LogP contribution < -0.4 is 10.2 Å². The fraction of sp³-hybridized carbons (Fsp3) is 0.231. The molecule has 0 fully saturated rings. The summed E-state index contributed by atoms with van der Waals surface area (Å²) >= 11 is 0. The molecule has 0 radical (unpaired) electrons. The van der Waals surface area contributed by atoms with Crippen LogP contribution in [0.5, 0.6) is 0 Å². The van der Waals surface area contributed by atoms with Crippen molar-refractivity contribution in [2.75, 3.05) is 24.3 Å². The Morgan fingerprint density at radius 1 is 1.22 bits per heavy atom. The van der Waals surface area contributed by atoms with Crippen LogP contribution in [0.3, 0.4) is 0 Å². The van der Waals surface area contributed by atoms with Crippen molar-refractivity contribution in [2.45, 2.75) is 6.54 Å². The lowest BCUT2D eigenvalue weighted by molar-refractivity contribution is 0.584. The normalized spacial score (nSPS) is 10.2. The predicted molar refractivity (Wildman–Crippen MR) is 70.1 cm³/mol. The molecule has 4 nitrogen and oxygen atoms in total. The fourth-order valence-electron chi connectivity index (χ4n) is 1.68. The van der Waals surface area contributed by atoms with Crippen LogP contribution in [0.2, 0.25) is 0 Å². The van der Waals surface area contributed by atoms with Crippen molar-refractivity contribution >= 4 is 11.5 Å². The Hall–Kier alpha value is -2.17. The molecule has 2 rings (SSSR count). The molecule has 0 spiro atoms. The van der Waals surface area contributed by atoms with E-state index in [0.717, 1.165) is 11.4 Å². The van der Waals surface area contributed by atoms with E-state index in [-0.39, 0.29) is 0 Å². The largest absolute Gasteiger partial charge is 0.381 e. The summed E-state index contributed by atoms with van der Waals surface area (Å²) in [5.74, 6) is 0.415. The van der Waals surface area contributed by atoms with E-state index in [0.29, 0.717) is 12.2 Å². The van der Waals surface area contributed by atoms with Gasteiger partial charge in [0.05, 0.1) is 0 Å². The highest BCUT2D eigenvalue weighted by Crippen LogP contribution is 2.16. The van der Waals surface area contributed by atoms with Crippen molar-refractivity contribution in [3.8, 4) is 0 Å². The molecule has 0 aromatic carbocycles. The van der Waals surface area contributed by atoms with Crippen molar-refractivity contribution in [3.05, 3.63) is 48.2 Å². The number of hydrogen-bond acceptors (Lipinski definition) is 4. The molecule has 0 unspecified atom stereocenters. The number of halogens is 1. The van der Waals surface area contributed by atoms with Gasteiger partial charge in [0.1, 0.15) is 5.82 Å². The van der Waals surface area contributed by atoms with E-state index in [1.807, 2.05) is 31.1 Å². The number of pyridine rings is 2. The van der Waals surface area contributed by atoms with Gasteiger partial charge in [0.25, 0.3) is 0 Å². The Morgan fingerprint density at radius 3 is 2.78 bits per heavy atom. The Kier molecular flexibility index (Phi) is 3.72. The molecule has 1 N–H and O–H groups in total. The van der Waals surface area contributed by atoms with Gasteiger partial charge in [0.2, 0.25) is 5.95 Å². The minimum atomic E-state index is -0.487. The second kappa shape index (κ2) is 5.44. The number of nitrogens with zero attached hydrogens (tertiary/aromatic N) is 3. The van der Waals surface area contributed by atoms with Gasteiger partial charge in [-0.2, -0.15) is 4.39 Å². The summed E-state index contributed by atoms with van der Waals surface area (Å²) in [5.41, 5.74) is 1.76. The summed E-state index contributed by atoms with van der Waals surface area (Å²) in [7, 11) is 3.88. The highest BCUT2D eigenvalue weighted by Gasteiger charge is 2.05. The second-order valence-electron chi connectivity index (χ2n) is 4.10. The zero-order valence-corrected chi connectivity index (χ0v) is 10.4. The molecule has 0 bridgehead atoms. The molecule has 0 atom stereocenters. The Balaban J connectivity index is 2.11. The average Bonchev–Trinajstić information content (AvgIpc) is 2.37. The minimum absolute atomic E-state index is 0.487. The Morgan fingerprint density at radius 2 is 2.06 bits per heavy atom. The van der Waals surface area contributed by atoms with Gasteiger partial charge in [-0.25, -0.2) is 9.97 Å². The summed E-state index contributed by atoms with van der Waals surface area (Å²) in [6, 6.07) is 6.98. The number of rotatable bonds is 4. The van der Waals surface area contributed by atoms with Gasteiger partial charge < -0.3 is 10.2 Å². The van der Waals surface area contributed by atoms with Gasteiger partial charge in [-0.3, -0.25) is 0 Å². The van der Waals surface area contributed by atoms with E-state index < -0.39 is 5.95 Å². The highest BCUT2D eigenvalue weighted by atomic mass is 19.1. The lowest BCUT2D eigenvalue weighted by atomic mass is 10.2. The van der Waals surface area contributed by atoms with Crippen LogP contribution in [-0.2, 0) is 6.54 Å². The molecule has 0 aliphatic heterocycles. The van der Waals surface area contributed by atoms with E-state index in [9.17, 15) is 4.39 Å². The number of anilines is 2. The SMILES string of the molecule is CN(C)c1ncccc1CNc1ccnc(F)c1. The van der Waals surface area contributed by atoms with Gasteiger partial charge in [-0.05, 0) is 12.1 Å². The van der Waals surface area contributed by atoms with Crippen LogP contribution >= 0.6 is 0 Å². The fourth-order valence-corrected chi connectivity index (χ4v) is 1.68. The van der Waals surface area contributed by atoms with Crippen molar-refractivity contribution in [2.24, 2.45) is 0 Å². The highest BCUT2D eigenvalue weighted by molar-refractivity contribution is 5.49. The number of aromatic nitrogens is 2. The molecule has 0 aliphatic carbocycles. The quantitative estimate of drug-likeness (QED) is 0.840. The van der Waals surface area contributed by atoms with Crippen LogP contribution in [0.1, 0.15) is 5.56 Å². The zero-order valence-electron chi connectivity index (χ0n) is 10.4. The van der Waals surface area contributed by atoms with Gasteiger partial charge in [-0.15, -0.1) is 0 Å². The third-order valence-corrected chi connectivity index (χ3v) is 2.50. The molecule has 0 amide bonds. The molecule has 5 heteroatoms. The van der Waals surface area contributed by atoms with Crippen LogP contribution in [0.25, 0.3) is 0 Å². The van der Waals surface area contributed by atoms with Crippen molar-refractivity contribution in [1.82, 2.24) is 9.97 Å². The molecule has 18 heavy (non-hydrogen) atoms. The maximum Gasteiger partial charge on any atom is 0.214 e. The molecule has 2 aromatic heterocycles. The van der Waals surface area contributed by atoms with Crippen molar-refractivity contribution in [1.29, 1.82) is 0 Å². The van der Waals surface area contributed by atoms with Gasteiger partial charge >= 0.3 is 0 Å². The first-order chi connectivity index (χ1) is 8.66. The molecular formula is C13H15FN4. The van der Waals surface area contributed by atoms with Crippen LogP contribution in [0, 0.1) is 5.95 Å². The second-order valence-corrected chi connectivity index (χ2v) is 4.10. The van der Waals surface area contributed by atoms with E-state index in [2.05, 4.69) is 15.3 Å². The topological polar surface area (TPSA) is 41.1 Å². The third kappa shape index (κ3) is 2.94. The van der Waals surface area contributed by atoms with Gasteiger partial charge in [-0.1, -0.05) is 6.07 Å². The molecule has 94 valence electrons. The Labute approximate surface area is 105 Å². The lowest BCUT2D eigenvalue weighted by Crippen LogP contribution is -2.14. The van der Waals surface area contributed by atoms with Gasteiger partial charge in [0, 0.05) is 50.4 Å². The first-order valence-corrected chi connectivity index (χ1v) is 5.63. The predicted octanol–water partition coefficient (Wildman–Crippen LogP) is 2.29. The molecule has 2 heterocycles. The molecule has 0 aliphatic rings. The first-order valence-electron chi connectivity index (χ1n) is 5.63. The van der Waals surface area contributed by atoms with Crippen molar-refractivity contribution < 1.29 is 4.39 Å². The smallest absolute Gasteiger partial charge is 0.214 e. The minimum Gasteiger partial charge on any atom is -0.381 e. The summed E-state index contributed by atoms with van der Waals surface area (Å²) in [6.07, 6.45) is 3.19. The standard InChI is InChI=1S/C13H15FN4/c1-18(2)13-10(4-3-6-16-13)9-17-11-5-7-15-12(14)8-11/h3-8H,9H2,1-2H3,(H,15,17). The maximum absolute atomic E-state index is 12.9. The van der Waals surface area contributed by atoms with E-state index in [1.165, 1.54) is 12.3 Å². The van der Waals surface area contributed by atoms with Crippen molar-refractivity contribution in [3.63, 3.8) is 0 Å². The van der Waals surface area contributed by atoms with Gasteiger partial charge in [0.15, 0.2) is 0 Å². The van der Waals surface area contributed by atoms with E-state index in [1.54, 1.807) is 12.3 Å². The Bertz CT molecular complexity index is 528. The molecule has 2 aromatic rings. The average molecular weight is 246 g/mol. The number of hydrogen-bond donors (Lipinski definition) is 1. The van der Waals surface area contributed by atoms with Crippen LogP contribution in [-0.4, -0.2) is 24.1 Å². The monoisotopic (exact) mass is 246 g/mol. The molecule has 0 saturated heterocycles.